The summed E-state index contributed by atoms with van der Waals surface area (Å²) in [6.07, 6.45) is 6.83. The van der Waals surface area contributed by atoms with Crippen molar-refractivity contribution < 1.29 is 23.7 Å². The second-order valence-corrected chi connectivity index (χ2v) is 8.53. The van der Waals surface area contributed by atoms with Crippen LogP contribution in [0.3, 0.4) is 0 Å². The first-order valence-electron chi connectivity index (χ1n) is 11.4. The van der Waals surface area contributed by atoms with Gasteiger partial charge in [-0.2, -0.15) is 0 Å². The molecule has 0 N–H and O–H groups in total. The Balaban J connectivity index is 1.87. The number of nitrogens with zero attached hydrogens (tertiary/aromatic N) is 1. The van der Waals surface area contributed by atoms with E-state index >= 15 is 0 Å². The molecule has 6 nitrogen and oxygen atoms in total. The molecule has 0 bridgehead atoms. The molecule has 0 radical (unpaired) electrons. The van der Waals surface area contributed by atoms with E-state index in [4.69, 9.17) is 19.2 Å². The van der Waals surface area contributed by atoms with Gasteiger partial charge in [0.2, 0.25) is 0 Å². The Morgan fingerprint density at radius 2 is 1.75 bits per heavy atom. The molecule has 0 amide bonds. The summed E-state index contributed by atoms with van der Waals surface area (Å²) in [6.45, 7) is 6.33. The molecule has 3 rings (SSSR count). The van der Waals surface area contributed by atoms with Gasteiger partial charge in [-0.25, -0.2) is 4.79 Å². The van der Waals surface area contributed by atoms with Crippen molar-refractivity contribution in [1.29, 1.82) is 0 Å². The Morgan fingerprint density at radius 3 is 2.44 bits per heavy atom. The van der Waals surface area contributed by atoms with Crippen LogP contribution in [-0.4, -0.2) is 38.6 Å². The zero-order valence-electron chi connectivity index (χ0n) is 20.0. The first-order valence-corrected chi connectivity index (χ1v) is 11.4. The minimum Gasteiger partial charge on any atom is -0.482 e. The van der Waals surface area contributed by atoms with Crippen LogP contribution in [0.5, 0.6) is 11.5 Å². The zero-order chi connectivity index (χ0) is 23.1. The lowest BCUT2D eigenvalue weighted by Crippen LogP contribution is -2.14. The molecule has 1 aliphatic rings. The topological polar surface area (TPSA) is 66.9 Å². The lowest BCUT2D eigenvalue weighted by atomic mass is 9.86. The molecule has 1 fully saturated rings. The monoisotopic (exact) mass is 441 g/mol. The fourth-order valence-corrected chi connectivity index (χ4v) is 4.41. The molecule has 0 unspecified atom stereocenters. The van der Waals surface area contributed by atoms with E-state index in [2.05, 4.69) is 18.6 Å². The van der Waals surface area contributed by atoms with E-state index in [0.29, 0.717) is 11.7 Å². The van der Waals surface area contributed by atoms with Gasteiger partial charge in [-0.1, -0.05) is 19.3 Å². The Hall–Kier alpha value is -2.60. The molecule has 32 heavy (non-hydrogen) atoms. The van der Waals surface area contributed by atoms with Crippen LogP contribution in [0.25, 0.3) is 0 Å². The number of esters is 1. The molecule has 0 atom stereocenters. The van der Waals surface area contributed by atoms with Gasteiger partial charge < -0.3 is 18.9 Å². The summed E-state index contributed by atoms with van der Waals surface area (Å²) in [6, 6.07) is 6.09. The molecule has 0 saturated heterocycles. The minimum atomic E-state index is -0.390. The van der Waals surface area contributed by atoms with Gasteiger partial charge in [0.05, 0.1) is 12.8 Å². The number of hydrogen-bond acceptors (Lipinski definition) is 6. The van der Waals surface area contributed by atoms with Gasteiger partial charge in [0.1, 0.15) is 11.5 Å². The number of carbonyl (C=O) groups excluding carboxylic acids is 1. The number of rotatable bonds is 9. The number of aryl methyl sites for hydroxylation is 1. The van der Waals surface area contributed by atoms with Crippen LogP contribution in [0, 0.1) is 20.8 Å². The third-order valence-electron chi connectivity index (χ3n) is 6.41. The van der Waals surface area contributed by atoms with Gasteiger partial charge in [-0.05, 0) is 74.1 Å². The summed E-state index contributed by atoms with van der Waals surface area (Å²) in [5.41, 5.74) is 6.63. The van der Waals surface area contributed by atoms with E-state index in [-0.39, 0.29) is 19.4 Å². The van der Waals surface area contributed by atoms with Gasteiger partial charge in [0.15, 0.2) is 13.4 Å². The van der Waals surface area contributed by atoms with Crippen molar-refractivity contribution in [2.24, 2.45) is 0 Å². The predicted molar refractivity (Wildman–Crippen MR) is 124 cm³/mol. The molecule has 1 aromatic carbocycles. The normalized spacial score (nSPS) is 14.3. The van der Waals surface area contributed by atoms with Crippen molar-refractivity contribution >= 4 is 5.97 Å². The van der Waals surface area contributed by atoms with E-state index in [0.717, 1.165) is 53.1 Å². The highest BCUT2D eigenvalue weighted by molar-refractivity contribution is 5.71. The SMILES string of the molecule is COCOc1ccc(Cc2c(C)cc(OCC(=O)OC)c(C)c2C)nc1C1CCCCC1. The molecule has 1 aliphatic carbocycles. The largest absolute Gasteiger partial charge is 0.482 e. The van der Waals surface area contributed by atoms with E-state index in [1.807, 2.05) is 25.1 Å². The molecule has 2 aromatic rings. The van der Waals surface area contributed by atoms with Crippen LogP contribution in [0.15, 0.2) is 18.2 Å². The van der Waals surface area contributed by atoms with Crippen LogP contribution >= 0.6 is 0 Å². The Bertz CT molecular complexity index is 934. The van der Waals surface area contributed by atoms with Gasteiger partial charge in [-0.15, -0.1) is 0 Å². The van der Waals surface area contributed by atoms with Crippen LogP contribution < -0.4 is 9.47 Å². The van der Waals surface area contributed by atoms with Gasteiger partial charge in [0, 0.05) is 25.1 Å². The standard InChI is InChI=1S/C26H35NO5/c1-17-13-24(31-15-25(28)30-5)19(3)18(2)22(17)14-21-11-12-23(32-16-29-4)26(27-21)20-9-7-6-8-10-20/h11-13,20H,6-10,14-16H2,1-5H3. The highest BCUT2D eigenvalue weighted by Crippen LogP contribution is 2.37. The lowest BCUT2D eigenvalue weighted by molar-refractivity contribution is -0.142. The number of carbonyl (C=O) groups is 1. The number of pyridine rings is 1. The highest BCUT2D eigenvalue weighted by Gasteiger charge is 2.22. The molecule has 1 heterocycles. The number of aromatic nitrogens is 1. The van der Waals surface area contributed by atoms with Gasteiger partial charge >= 0.3 is 5.97 Å². The number of methoxy groups -OCH3 is 2. The van der Waals surface area contributed by atoms with Crippen LogP contribution in [0.2, 0.25) is 0 Å². The fourth-order valence-electron chi connectivity index (χ4n) is 4.41. The third-order valence-corrected chi connectivity index (χ3v) is 6.41. The molecule has 0 aliphatic heterocycles. The van der Waals surface area contributed by atoms with Gasteiger partial charge in [-0.3, -0.25) is 4.98 Å². The smallest absolute Gasteiger partial charge is 0.343 e. The summed E-state index contributed by atoms with van der Waals surface area (Å²) in [5.74, 6) is 1.60. The van der Waals surface area contributed by atoms with Crippen molar-refractivity contribution in [2.45, 2.75) is 65.2 Å². The van der Waals surface area contributed by atoms with Crippen LogP contribution in [0.4, 0.5) is 0 Å². The van der Waals surface area contributed by atoms with E-state index < -0.39 is 0 Å². The number of hydrogen-bond donors (Lipinski definition) is 0. The third kappa shape index (κ3) is 5.80. The summed E-state index contributed by atoms with van der Waals surface area (Å²) in [7, 11) is 2.99. The van der Waals surface area contributed by atoms with E-state index in [1.165, 1.54) is 31.9 Å². The minimum absolute atomic E-state index is 0.0925. The van der Waals surface area contributed by atoms with E-state index in [1.54, 1.807) is 7.11 Å². The van der Waals surface area contributed by atoms with Crippen LogP contribution in [0.1, 0.15) is 71.7 Å². The Labute approximate surface area is 191 Å². The van der Waals surface area contributed by atoms with Crippen molar-refractivity contribution in [3.8, 4) is 11.5 Å². The highest BCUT2D eigenvalue weighted by atomic mass is 16.7. The lowest BCUT2D eigenvalue weighted by Gasteiger charge is -2.24. The molecule has 1 saturated carbocycles. The summed E-state index contributed by atoms with van der Waals surface area (Å²) < 4.78 is 21.3. The number of benzene rings is 1. The predicted octanol–water partition coefficient (Wildman–Crippen LogP) is 5.18. The molecule has 1 aromatic heterocycles. The number of ether oxygens (including phenoxy) is 4. The quantitative estimate of drug-likeness (QED) is 0.395. The zero-order valence-corrected chi connectivity index (χ0v) is 20.0. The second-order valence-electron chi connectivity index (χ2n) is 8.53. The average Bonchev–Trinajstić information content (AvgIpc) is 2.82. The second kappa shape index (κ2) is 11.3. The first-order chi connectivity index (χ1) is 15.4. The molecular formula is C26H35NO5. The molecule has 0 spiro atoms. The molecule has 6 heteroatoms. The van der Waals surface area contributed by atoms with Crippen molar-refractivity contribution in [3.63, 3.8) is 0 Å². The average molecular weight is 442 g/mol. The summed E-state index contributed by atoms with van der Waals surface area (Å²) >= 11 is 0. The maximum absolute atomic E-state index is 11.5. The maximum atomic E-state index is 11.5. The first kappa shape index (κ1) is 24.1. The maximum Gasteiger partial charge on any atom is 0.343 e. The van der Waals surface area contributed by atoms with Crippen molar-refractivity contribution in [2.75, 3.05) is 27.6 Å². The van der Waals surface area contributed by atoms with Gasteiger partial charge in [0.25, 0.3) is 0 Å². The Kier molecular flexibility index (Phi) is 8.51. The molecular weight excluding hydrogens is 406 g/mol. The van der Waals surface area contributed by atoms with E-state index in [9.17, 15) is 4.79 Å². The summed E-state index contributed by atoms with van der Waals surface area (Å²) in [5, 5.41) is 0. The fraction of sp³-hybridized carbons (Fsp3) is 0.538. The van der Waals surface area contributed by atoms with Crippen molar-refractivity contribution in [3.05, 3.63) is 51.8 Å². The summed E-state index contributed by atoms with van der Waals surface area (Å²) in [4.78, 5) is 16.5. The molecule has 174 valence electrons. The van der Waals surface area contributed by atoms with Crippen LogP contribution in [-0.2, 0) is 20.7 Å². The Morgan fingerprint density at radius 1 is 1.00 bits per heavy atom. The van der Waals surface area contributed by atoms with Crippen molar-refractivity contribution in [1.82, 2.24) is 4.98 Å².